The predicted octanol–water partition coefficient (Wildman–Crippen LogP) is 0.945. The standard InChI is InChI=1S/C10H15N4O11P3S/c11-9-6-1-2-14(10(6)13-5-12-9)7-4-29-8(23-7)3-22-27(18,19)25-28(20,21)24-26(15,16)17/h1-2,5,7-8H,3-4H2,(H,18,19)(H,20,21)(H2,11,12,13)(H2,15,16,17)/t7-,8+/m1/s1. The Balaban J connectivity index is 1.58. The van der Waals surface area contributed by atoms with Gasteiger partial charge in [-0.2, -0.15) is 8.62 Å². The molecule has 1 aliphatic heterocycles. The molecule has 0 radical (unpaired) electrons. The summed E-state index contributed by atoms with van der Waals surface area (Å²) in [6, 6.07) is 1.71. The quantitative estimate of drug-likeness (QED) is 0.323. The van der Waals surface area contributed by atoms with Crippen molar-refractivity contribution in [3.63, 3.8) is 0 Å². The van der Waals surface area contributed by atoms with Gasteiger partial charge in [-0.15, -0.1) is 11.8 Å². The van der Waals surface area contributed by atoms with Crippen molar-refractivity contribution in [3.8, 4) is 0 Å². The Morgan fingerprint density at radius 1 is 1.21 bits per heavy atom. The largest absolute Gasteiger partial charge is 0.490 e. The van der Waals surface area contributed by atoms with E-state index in [4.69, 9.17) is 25.2 Å². The molecule has 3 rings (SSSR count). The van der Waals surface area contributed by atoms with E-state index in [1.165, 1.54) is 18.1 Å². The summed E-state index contributed by atoms with van der Waals surface area (Å²) >= 11 is 1.21. The number of phosphoric ester groups is 1. The SMILES string of the molecule is Nc1ncnc2c1ccn2[C@H]1CS[C@@H](COP(=O)(O)OP(=O)(O)OP(=O)(O)O)O1. The Bertz CT molecular complexity index is 1040. The van der Waals surface area contributed by atoms with E-state index in [9.17, 15) is 18.6 Å². The van der Waals surface area contributed by atoms with Crippen molar-refractivity contribution in [1.29, 1.82) is 0 Å². The van der Waals surface area contributed by atoms with Crippen LogP contribution >= 0.6 is 35.2 Å². The molecule has 29 heavy (non-hydrogen) atoms. The minimum absolute atomic E-state index is 0.295. The van der Waals surface area contributed by atoms with E-state index in [1.807, 2.05) is 0 Å². The molecule has 19 heteroatoms. The van der Waals surface area contributed by atoms with Gasteiger partial charge in [0, 0.05) is 11.9 Å². The van der Waals surface area contributed by atoms with Crippen LogP contribution in [0.5, 0.6) is 0 Å². The van der Waals surface area contributed by atoms with Gasteiger partial charge in [-0.3, -0.25) is 4.52 Å². The predicted molar refractivity (Wildman–Crippen MR) is 98.1 cm³/mol. The van der Waals surface area contributed by atoms with Crippen LogP contribution in [0.1, 0.15) is 6.23 Å². The number of rotatable bonds is 8. The van der Waals surface area contributed by atoms with Gasteiger partial charge in [0.2, 0.25) is 0 Å². The van der Waals surface area contributed by atoms with E-state index in [2.05, 4.69) is 23.1 Å². The number of thioether (sulfide) groups is 1. The maximum Gasteiger partial charge on any atom is 0.490 e. The summed E-state index contributed by atoms with van der Waals surface area (Å²) in [4.78, 5) is 43.6. The lowest BCUT2D eigenvalue weighted by Gasteiger charge is -2.18. The zero-order chi connectivity index (χ0) is 21.4. The summed E-state index contributed by atoms with van der Waals surface area (Å²) in [5, 5.41) is 0.623. The maximum atomic E-state index is 11.7. The van der Waals surface area contributed by atoms with Crippen molar-refractivity contribution in [2.75, 3.05) is 18.1 Å². The molecule has 1 saturated heterocycles. The molecule has 1 aliphatic rings. The fourth-order valence-corrected chi connectivity index (χ4v) is 6.47. The van der Waals surface area contributed by atoms with Gasteiger partial charge < -0.3 is 34.6 Å². The van der Waals surface area contributed by atoms with Gasteiger partial charge in [-0.25, -0.2) is 23.7 Å². The molecule has 3 heterocycles. The second-order valence-electron chi connectivity index (χ2n) is 5.46. The Morgan fingerprint density at radius 3 is 2.62 bits per heavy atom. The molecular weight excluding hydrogens is 477 g/mol. The summed E-state index contributed by atoms with van der Waals surface area (Å²) in [6.07, 6.45) is 2.47. The van der Waals surface area contributed by atoms with Crippen LogP contribution < -0.4 is 5.73 Å². The lowest BCUT2D eigenvalue weighted by molar-refractivity contribution is -0.00193. The highest BCUT2D eigenvalue weighted by molar-refractivity contribution is 8.00. The number of nitrogen functional groups attached to an aromatic ring is 1. The van der Waals surface area contributed by atoms with Gasteiger partial charge in [-0.05, 0) is 6.07 Å². The molecule has 0 amide bonds. The van der Waals surface area contributed by atoms with Crippen LogP contribution in [0, 0.1) is 0 Å². The first kappa shape index (κ1) is 22.8. The zero-order valence-electron chi connectivity index (χ0n) is 14.1. The molecule has 2 unspecified atom stereocenters. The fourth-order valence-electron chi connectivity index (χ4n) is 2.36. The number of aromatic nitrogens is 3. The number of nitrogens with zero attached hydrogens (tertiary/aromatic N) is 3. The molecule has 4 atom stereocenters. The van der Waals surface area contributed by atoms with Gasteiger partial charge in [0.05, 0.1) is 12.0 Å². The van der Waals surface area contributed by atoms with E-state index >= 15 is 0 Å². The summed E-state index contributed by atoms with van der Waals surface area (Å²) in [7, 11) is -16.2. The number of hydrogen-bond donors (Lipinski definition) is 5. The van der Waals surface area contributed by atoms with Gasteiger partial charge in [-0.1, -0.05) is 0 Å². The first-order valence-electron chi connectivity index (χ1n) is 7.48. The zero-order valence-corrected chi connectivity index (χ0v) is 17.6. The highest BCUT2D eigenvalue weighted by Crippen LogP contribution is 2.66. The second kappa shape index (κ2) is 8.35. The summed E-state index contributed by atoms with van der Waals surface area (Å²) in [5.74, 6) is 0.710. The van der Waals surface area contributed by atoms with Crippen molar-refractivity contribution in [3.05, 3.63) is 18.6 Å². The van der Waals surface area contributed by atoms with E-state index in [1.54, 1.807) is 16.8 Å². The van der Waals surface area contributed by atoms with Crippen LogP contribution in [0.3, 0.4) is 0 Å². The summed E-state index contributed by atoms with van der Waals surface area (Å²) in [5.41, 5.74) is 5.54. The van der Waals surface area contributed by atoms with Crippen LogP contribution in [-0.4, -0.2) is 51.9 Å². The fraction of sp³-hybridized carbons (Fsp3) is 0.400. The highest BCUT2D eigenvalue weighted by atomic mass is 32.2. The van der Waals surface area contributed by atoms with Crippen LogP contribution in [0.2, 0.25) is 0 Å². The molecule has 2 aromatic rings. The molecule has 0 aliphatic carbocycles. The number of ether oxygens (including phenoxy) is 1. The topological polar surface area (TPSA) is 226 Å². The number of hydrogen-bond acceptors (Lipinski definition) is 11. The van der Waals surface area contributed by atoms with Crippen LogP contribution in [-0.2, 0) is 31.6 Å². The first-order valence-corrected chi connectivity index (χ1v) is 13.0. The lowest BCUT2D eigenvalue weighted by Crippen LogP contribution is -2.15. The number of phosphoric acid groups is 3. The van der Waals surface area contributed by atoms with Crippen LogP contribution in [0.25, 0.3) is 11.0 Å². The molecule has 15 nitrogen and oxygen atoms in total. The molecule has 2 aromatic heterocycles. The Kier molecular flexibility index (Phi) is 6.57. The molecule has 1 fully saturated rings. The summed E-state index contributed by atoms with van der Waals surface area (Å²) in [6.45, 7) is -0.540. The molecule has 6 N–H and O–H groups in total. The monoisotopic (exact) mass is 492 g/mol. The third-order valence-corrected chi connectivity index (χ3v) is 8.27. The van der Waals surface area contributed by atoms with Crippen molar-refractivity contribution >= 4 is 52.1 Å². The Morgan fingerprint density at radius 2 is 1.93 bits per heavy atom. The lowest BCUT2D eigenvalue weighted by atomic mass is 10.4. The minimum Gasteiger partial charge on any atom is -0.383 e. The third-order valence-electron chi connectivity index (χ3n) is 3.37. The number of fused-ring (bicyclic) bond motifs is 1. The van der Waals surface area contributed by atoms with Crippen LogP contribution in [0.4, 0.5) is 5.82 Å². The number of nitrogens with two attached hydrogens (primary N) is 1. The third kappa shape index (κ3) is 6.07. The molecule has 0 spiro atoms. The average molecular weight is 492 g/mol. The van der Waals surface area contributed by atoms with E-state index < -0.39 is 41.7 Å². The molecule has 0 bridgehead atoms. The summed E-state index contributed by atoms with van der Waals surface area (Å²) < 4.78 is 52.8. The van der Waals surface area contributed by atoms with Gasteiger partial charge in [0.1, 0.15) is 29.5 Å². The van der Waals surface area contributed by atoms with E-state index in [0.29, 0.717) is 22.6 Å². The first-order chi connectivity index (χ1) is 13.4. The maximum absolute atomic E-state index is 11.7. The number of anilines is 1. The molecule has 162 valence electrons. The molecule has 0 aromatic carbocycles. The van der Waals surface area contributed by atoms with E-state index in [-0.39, 0.29) is 0 Å². The van der Waals surface area contributed by atoms with Crippen LogP contribution in [0.15, 0.2) is 18.6 Å². The molecular formula is C10H15N4O11P3S. The van der Waals surface area contributed by atoms with Gasteiger partial charge in [0.25, 0.3) is 0 Å². The van der Waals surface area contributed by atoms with Crippen molar-refractivity contribution in [1.82, 2.24) is 14.5 Å². The molecule has 0 saturated carbocycles. The Labute approximate surface area is 166 Å². The van der Waals surface area contributed by atoms with Gasteiger partial charge >= 0.3 is 23.5 Å². The second-order valence-corrected chi connectivity index (χ2v) is 11.1. The normalized spacial score (nSPS) is 24.4. The Hall–Kier alpha value is -0.860. The highest BCUT2D eigenvalue weighted by Gasteiger charge is 2.41. The van der Waals surface area contributed by atoms with Crippen molar-refractivity contribution in [2.45, 2.75) is 11.7 Å². The van der Waals surface area contributed by atoms with Gasteiger partial charge in [0.15, 0.2) is 0 Å². The smallest absolute Gasteiger partial charge is 0.383 e. The van der Waals surface area contributed by atoms with E-state index in [0.717, 1.165) is 0 Å². The van der Waals surface area contributed by atoms with Crippen molar-refractivity contribution < 1.29 is 51.2 Å². The minimum atomic E-state index is -5.56. The van der Waals surface area contributed by atoms with Crippen molar-refractivity contribution in [2.24, 2.45) is 0 Å². The average Bonchev–Trinajstić information content (AvgIpc) is 3.16.